The number of aliphatic hydroxyl groups is 1. The molecule has 1 fully saturated rings. The standard InChI is InChI=1S/C25H25NO4/c1-26-15-22(27)24(25(26)28)21-13-12-20(29-16-18-8-4-2-5-9-18)14-23(21)30-17-19-10-6-3-7-11-19/h2-14,22,24,27H,15-17H2,1H3. The summed E-state index contributed by atoms with van der Waals surface area (Å²) in [7, 11) is 1.70. The fourth-order valence-electron chi connectivity index (χ4n) is 3.68. The number of carbonyl (C=O) groups is 1. The molecule has 0 saturated carbocycles. The van der Waals surface area contributed by atoms with Crippen molar-refractivity contribution in [2.24, 2.45) is 0 Å². The zero-order chi connectivity index (χ0) is 20.9. The van der Waals surface area contributed by atoms with Crippen LogP contribution in [-0.4, -0.2) is 35.6 Å². The number of ether oxygens (including phenoxy) is 2. The molecule has 3 aromatic carbocycles. The van der Waals surface area contributed by atoms with Gasteiger partial charge in [0.25, 0.3) is 0 Å². The van der Waals surface area contributed by atoms with Crippen molar-refractivity contribution in [1.29, 1.82) is 0 Å². The van der Waals surface area contributed by atoms with E-state index in [0.29, 0.717) is 36.8 Å². The van der Waals surface area contributed by atoms with Gasteiger partial charge in [0, 0.05) is 25.2 Å². The van der Waals surface area contributed by atoms with Crippen molar-refractivity contribution < 1.29 is 19.4 Å². The predicted octanol–water partition coefficient (Wildman–Crippen LogP) is 3.76. The highest BCUT2D eigenvalue weighted by molar-refractivity contribution is 5.87. The molecule has 2 atom stereocenters. The minimum absolute atomic E-state index is 0.106. The van der Waals surface area contributed by atoms with Crippen LogP contribution >= 0.6 is 0 Å². The van der Waals surface area contributed by atoms with Gasteiger partial charge in [-0.05, 0) is 17.2 Å². The lowest BCUT2D eigenvalue weighted by atomic mass is 9.94. The topological polar surface area (TPSA) is 59.0 Å². The normalized spacial score (nSPS) is 18.5. The maximum absolute atomic E-state index is 12.6. The van der Waals surface area contributed by atoms with E-state index in [2.05, 4.69) is 0 Å². The van der Waals surface area contributed by atoms with E-state index in [-0.39, 0.29) is 5.91 Å². The second-order valence-corrected chi connectivity index (χ2v) is 7.51. The SMILES string of the molecule is CN1CC(O)C(c2ccc(OCc3ccccc3)cc2OCc2ccccc2)C1=O. The van der Waals surface area contributed by atoms with Gasteiger partial charge >= 0.3 is 0 Å². The van der Waals surface area contributed by atoms with Crippen LogP contribution in [0.5, 0.6) is 11.5 Å². The largest absolute Gasteiger partial charge is 0.489 e. The predicted molar refractivity (Wildman–Crippen MR) is 114 cm³/mol. The zero-order valence-corrected chi connectivity index (χ0v) is 16.9. The molecular weight excluding hydrogens is 378 g/mol. The molecule has 5 nitrogen and oxygen atoms in total. The number of likely N-dealkylation sites (N-methyl/N-ethyl adjacent to an activating group) is 1. The van der Waals surface area contributed by atoms with Gasteiger partial charge in [0.05, 0.1) is 12.0 Å². The first-order chi connectivity index (χ1) is 14.6. The number of likely N-dealkylation sites (tertiary alicyclic amines) is 1. The Morgan fingerprint density at radius 2 is 1.50 bits per heavy atom. The molecule has 0 radical (unpaired) electrons. The first kappa shape index (κ1) is 20.0. The molecular formula is C25H25NO4. The number of hydrogen-bond donors (Lipinski definition) is 1. The molecule has 1 heterocycles. The number of amides is 1. The highest BCUT2D eigenvalue weighted by Crippen LogP contribution is 2.37. The molecule has 1 saturated heterocycles. The number of benzene rings is 3. The van der Waals surface area contributed by atoms with Crippen molar-refractivity contribution in [3.05, 3.63) is 95.6 Å². The minimum Gasteiger partial charge on any atom is -0.489 e. The van der Waals surface area contributed by atoms with E-state index in [1.807, 2.05) is 72.8 Å². The zero-order valence-electron chi connectivity index (χ0n) is 16.9. The Balaban J connectivity index is 1.59. The smallest absolute Gasteiger partial charge is 0.232 e. The average molecular weight is 403 g/mol. The first-order valence-electron chi connectivity index (χ1n) is 10.0. The van der Waals surface area contributed by atoms with Crippen molar-refractivity contribution >= 4 is 5.91 Å². The fourth-order valence-corrected chi connectivity index (χ4v) is 3.68. The number of aliphatic hydroxyl groups excluding tert-OH is 1. The molecule has 2 unspecified atom stereocenters. The van der Waals surface area contributed by atoms with Gasteiger partial charge in [-0.25, -0.2) is 0 Å². The summed E-state index contributed by atoms with van der Waals surface area (Å²) in [4.78, 5) is 14.2. The van der Waals surface area contributed by atoms with Crippen molar-refractivity contribution in [2.45, 2.75) is 25.2 Å². The van der Waals surface area contributed by atoms with Gasteiger partial charge in [-0.3, -0.25) is 4.79 Å². The van der Waals surface area contributed by atoms with Crippen LogP contribution in [0.4, 0.5) is 0 Å². The van der Waals surface area contributed by atoms with Crippen LogP contribution in [0.1, 0.15) is 22.6 Å². The molecule has 0 bridgehead atoms. The van der Waals surface area contributed by atoms with Gasteiger partial charge in [-0.1, -0.05) is 66.7 Å². The molecule has 0 aromatic heterocycles. The van der Waals surface area contributed by atoms with Gasteiger partial charge in [0.2, 0.25) is 5.91 Å². The summed E-state index contributed by atoms with van der Waals surface area (Å²) in [5.74, 6) is 0.463. The summed E-state index contributed by atoms with van der Waals surface area (Å²) in [6.07, 6.45) is -0.766. The molecule has 154 valence electrons. The van der Waals surface area contributed by atoms with Crippen molar-refractivity contribution in [2.75, 3.05) is 13.6 Å². The summed E-state index contributed by atoms with van der Waals surface area (Å²) >= 11 is 0. The lowest BCUT2D eigenvalue weighted by molar-refractivity contribution is -0.128. The molecule has 0 spiro atoms. The molecule has 1 N–H and O–H groups in total. The lowest BCUT2D eigenvalue weighted by Gasteiger charge is -2.19. The maximum atomic E-state index is 12.6. The Labute approximate surface area is 176 Å². The van der Waals surface area contributed by atoms with E-state index in [1.165, 1.54) is 0 Å². The second kappa shape index (κ2) is 9.01. The van der Waals surface area contributed by atoms with Crippen molar-refractivity contribution in [1.82, 2.24) is 4.90 Å². The van der Waals surface area contributed by atoms with E-state index < -0.39 is 12.0 Å². The van der Waals surface area contributed by atoms with Gasteiger partial charge < -0.3 is 19.5 Å². The maximum Gasteiger partial charge on any atom is 0.232 e. The molecule has 3 aromatic rings. The van der Waals surface area contributed by atoms with Crippen LogP contribution < -0.4 is 9.47 Å². The molecule has 4 rings (SSSR count). The first-order valence-corrected chi connectivity index (χ1v) is 10.0. The molecule has 5 heteroatoms. The Morgan fingerprint density at radius 1 is 0.900 bits per heavy atom. The van der Waals surface area contributed by atoms with Crippen LogP contribution in [0.25, 0.3) is 0 Å². The molecule has 1 aliphatic rings. The van der Waals surface area contributed by atoms with E-state index >= 15 is 0 Å². The highest BCUT2D eigenvalue weighted by atomic mass is 16.5. The molecule has 0 aliphatic carbocycles. The second-order valence-electron chi connectivity index (χ2n) is 7.51. The van der Waals surface area contributed by atoms with Crippen LogP contribution in [0.15, 0.2) is 78.9 Å². The van der Waals surface area contributed by atoms with Gasteiger partial charge in [0.15, 0.2) is 0 Å². The molecule has 1 aliphatic heterocycles. The number of rotatable bonds is 7. The van der Waals surface area contributed by atoms with E-state index in [9.17, 15) is 9.90 Å². The van der Waals surface area contributed by atoms with Gasteiger partial charge in [0.1, 0.15) is 24.7 Å². The van der Waals surface area contributed by atoms with Crippen molar-refractivity contribution in [3.63, 3.8) is 0 Å². The summed E-state index contributed by atoms with van der Waals surface area (Å²) in [6.45, 7) is 1.11. The van der Waals surface area contributed by atoms with Crippen LogP contribution in [0.3, 0.4) is 0 Å². The third-order valence-corrected chi connectivity index (χ3v) is 5.29. The van der Waals surface area contributed by atoms with Gasteiger partial charge in [-0.2, -0.15) is 0 Å². The number of carbonyl (C=O) groups excluding carboxylic acids is 1. The minimum atomic E-state index is -0.766. The third kappa shape index (κ3) is 4.47. The quantitative estimate of drug-likeness (QED) is 0.653. The molecule has 1 amide bonds. The third-order valence-electron chi connectivity index (χ3n) is 5.29. The monoisotopic (exact) mass is 403 g/mol. The Bertz CT molecular complexity index is 991. The van der Waals surface area contributed by atoms with E-state index in [1.54, 1.807) is 18.0 Å². The number of hydrogen-bond acceptors (Lipinski definition) is 4. The average Bonchev–Trinajstić information content (AvgIpc) is 3.03. The Morgan fingerprint density at radius 3 is 2.07 bits per heavy atom. The lowest BCUT2D eigenvalue weighted by Crippen LogP contribution is -2.22. The van der Waals surface area contributed by atoms with Gasteiger partial charge in [-0.15, -0.1) is 0 Å². The van der Waals surface area contributed by atoms with Crippen LogP contribution in [0.2, 0.25) is 0 Å². The van der Waals surface area contributed by atoms with Crippen molar-refractivity contribution in [3.8, 4) is 11.5 Å². The summed E-state index contributed by atoms with van der Waals surface area (Å²) in [5.41, 5.74) is 2.77. The number of β-amino-alcohol motifs (C(OH)–C–C–N with tert-alkyl or cyclic N) is 1. The summed E-state index contributed by atoms with van der Waals surface area (Å²) < 4.78 is 12.0. The highest BCUT2D eigenvalue weighted by Gasteiger charge is 2.40. The Hall–Kier alpha value is -3.31. The summed E-state index contributed by atoms with van der Waals surface area (Å²) in [5, 5.41) is 10.5. The fraction of sp³-hybridized carbons (Fsp3) is 0.240. The van der Waals surface area contributed by atoms with Crippen LogP contribution in [0, 0.1) is 0 Å². The van der Waals surface area contributed by atoms with E-state index in [4.69, 9.17) is 9.47 Å². The van der Waals surface area contributed by atoms with E-state index in [0.717, 1.165) is 11.1 Å². The summed E-state index contributed by atoms with van der Waals surface area (Å²) in [6, 6.07) is 25.2. The molecule has 30 heavy (non-hydrogen) atoms. The number of nitrogens with zero attached hydrogens (tertiary/aromatic N) is 1. The Kier molecular flexibility index (Phi) is 6.00. The van der Waals surface area contributed by atoms with Crippen LogP contribution in [-0.2, 0) is 18.0 Å².